The Morgan fingerprint density at radius 3 is 2.50 bits per heavy atom. The Morgan fingerprint density at radius 2 is 1.71 bits per heavy atom. The van der Waals surface area contributed by atoms with Crippen LogP contribution in [-0.4, -0.2) is 11.5 Å². The minimum Gasteiger partial charge on any atom is -0.299 e. The number of benzene rings is 2. The molecule has 4 rings (SSSR count). The summed E-state index contributed by atoms with van der Waals surface area (Å²) >= 11 is 6.00. The fourth-order valence-electron chi connectivity index (χ4n) is 3.88. The van der Waals surface area contributed by atoms with E-state index in [9.17, 15) is 4.79 Å². The number of rotatable bonds is 1. The first-order chi connectivity index (χ1) is 11.6. The fraction of sp³-hybridized carbons (Fsp3) is 0.333. The zero-order chi connectivity index (χ0) is 16.7. The number of aliphatic imine (C=N–C) groups is 1. The van der Waals surface area contributed by atoms with E-state index in [0.29, 0.717) is 12.2 Å². The van der Waals surface area contributed by atoms with Crippen molar-refractivity contribution in [2.75, 3.05) is 0 Å². The zero-order valence-corrected chi connectivity index (χ0v) is 14.5. The van der Waals surface area contributed by atoms with Crippen LogP contribution >= 0.6 is 11.6 Å². The third-order valence-corrected chi connectivity index (χ3v) is 5.45. The highest BCUT2D eigenvalue weighted by Gasteiger charge is 2.32. The van der Waals surface area contributed by atoms with Crippen molar-refractivity contribution < 1.29 is 4.79 Å². The van der Waals surface area contributed by atoms with Gasteiger partial charge in [-0.1, -0.05) is 35.9 Å². The summed E-state index contributed by atoms with van der Waals surface area (Å²) in [6.07, 6.45) is 3.08. The maximum atomic E-state index is 12.8. The van der Waals surface area contributed by atoms with E-state index in [1.807, 2.05) is 24.3 Å². The van der Waals surface area contributed by atoms with Crippen LogP contribution in [0.25, 0.3) is 0 Å². The van der Waals surface area contributed by atoms with Crippen LogP contribution in [0.2, 0.25) is 5.02 Å². The van der Waals surface area contributed by atoms with Gasteiger partial charge in [0.15, 0.2) is 0 Å². The van der Waals surface area contributed by atoms with E-state index in [4.69, 9.17) is 16.6 Å². The number of fused-ring (bicyclic) bond motifs is 3. The molecule has 2 unspecified atom stereocenters. The standard InChI is InChI=1S/C21H20ClNO/c1-13-2-3-15-9-17-11-19(23-20(15)8-13)10-16(12-21(17)24)14-4-6-18(22)7-5-14/h2-8,16-17H,9-12H2,1H3. The van der Waals surface area contributed by atoms with Crippen molar-refractivity contribution >= 4 is 28.8 Å². The topological polar surface area (TPSA) is 29.4 Å². The first-order valence-corrected chi connectivity index (χ1v) is 8.90. The fourth-order valence-corrected chi connectivity index (χ4v) is 4.01. The van der Waals surface area contributed by atoms with Crippen LogP contribution in [0.3, 0.4) is 0 Å². The summed E-state index contributed by atoms with van der Waals surface area (Å²) in [7, 11) is 0. The van der Waals surface area contributed by atoms with E-state index in [2.05, 4.69) is 25.1 Å². The summed E-state index contributed by atoms with van der Waals surface area (Å²) < 4.78 is 0. The van der Waals surface area contributed by atoms with Crippen LogP contribution in [0.5, 0.6) is 0 Å². The Kier molecular flexibility index (Phi) is 4.01. The minimum absolute atomic E-state index is 0.0741. The van der Waals surface area contributed by atoms with Crippen LogP contribution in [0.15, 0.2) is 47.5 Å². The van der Waals surface area contributed by atoms with Gasteiger partial charge < -0.3 is 0 Å². The molecule has 2 aromatic rings. The molecule has 1 aliphatic carbocycles. The molecule has 1 aliphatic heterocycles. The summed E-state index contributed by atoms with van der Waals surface area (Å²) in [4.78, 5) is 17.8. The van der Waals surface area contributed by atoms with Crippen molar-refractivity contribution in [3.05, 3.63) is 64.2 Å². The lowest BCUT2D eigenvalue weighted by Crippen LogP contribution is -2.17. The van der Waals surface area contributed by atoms with Gasteiger partial charge in [-0.2, -0.15) is 0 Å². The molecule has 0 aromatic heterocycles. The van der Waals surface area contributed by atoms with Gasteiger partial charge in [0.25, 0.3) is 0 Å². The second-order valence-corrected chi connectivity index (χ2v) is 7.47. The van der Waals surface area contributed by atoms with Crippen LogP contribution in [0.4, 0.5) is 5.69 Å². The Hall–Kier alpha value is -1.93. The SMILES string of the molecule is Cc1ccc2c(c1)N=C1CC(C2)C(=O)CC(c2ccc(Cl)cc2)C1. The number of carbonyl (C=O) groups excluding carboxylic acids is 1. The molecule has 2 aliphatic rings. The molecule has 122 valence electrons. The van der Waals surface area contributed by atoms with Crippen LogP contribution in [-0.2, 0) is 11.2 Å². The highest BCUT2D eigenvalue weighted by Crippen LogP contribution is 2.37. The number of halogens is 1. The van der Waals surface area contributed by atoms with Crippen molar-refractivity contribution in [1.29, 1.82) is 0 Å². The van der Waals surface area contributed by atoms with E-state index in [-0.39, 0.29) is 11.8 Å². The third-order valence-electron chi connectivity index (χ3n) is 5.19. The van der Waals surface area contributed by atoms with Crippen LogP contribution < -0.4 is 0 Å². The maximum Gasteiger partial charge on any atom is 0.137 e. The molecule has 0 saturated heterocycles. The number of ketones is 1. The smallest absolute Gasteiger partial charge is 0.137 e. The Labute approximate surface area is 147 Å². The molecule has 0 spiro atoms. The molecule has 2 atom stereocenters. The highest BCUT2D eigenvalue weighted by molar-refractivity contribution is 6.30. The molecule has 1 heterocycles. The highest BCUT2D eigenvalue weighted by atomic mass is 35.5. The van der Waals surface area contributed by atoms with Gasteiger partial charge in [-0.25, -0.2) is 0 Å². The summed E-state index contributed by atoms with van der Waals surface area (Å²) in [6, 6.07) is 14.3. The first kappa shape index (κ1) is 15.6. The van der Waals surface area contributed by atoms with E-state index in [1.54, 1.807) is 0 Å². The quantitative estimate of drug-likeness (QED) is 0.682. The van der Waals surface area contributed by atoms with Crippen LogP contribution in [0.1, 0.15) is 41.9 Å². The number of nitrogens with zero attached hydrogens (tertiary/aromatic N) is 1. The van der Waals surface area contributed by atoms with Gasteiger partial charge in [-0.05, 0) is 67.0 Å². The molecular weight excluding hydrogens is 318 g/mol. The summed E-state index contributed by atoms with van der Waals surface area (Å²) in [6.45, 7) is 2.09. The van der Waals surface area contributed by atoms with Gasteiger partial charge in [0.1, 0.15) is 5.78 Å². The van der Waals surface area contributed by atoms with Gasteiger partial charge in [0.2, 0.25) is 0 Å². The van der Waals surface area contributed by atoms with Gasteiger partial charge in [-0.15, -0.1) is 0 Å². The van der Waals surface area contributed by atoms with Crippen molar-refractivity contribution in [3.8, 4) is 0 Å². The molecule has 2 aromatic carbocycles. The third kappa shape index (κ3) is 3.03. The molecule has 0 radical (unpaired) electrons. The second kappa shape index (κ2) is 6.18. The lowest BCUT2D eigenvalue weighted by atomic mass is 9.88. The molecule has 1 fully saturated rings. The van der Waals surface area contributed by atoms with E-state index in [0.717, 1.165) is 35.7 Å². The van der Waals surface area contributed by atoms with Gasteiger partial charge in [0, 0.05) is 23.1 Å². The number of Topliss-reactive ketones (excluding diaryl/α,β-unsaturated/α-hetero) is 1. The number of hydrogen-bond donors (Lipinski definition) is 0. The lowest BCUT2D eigenvalue weighted by molar-refractivity contribution is -0.122. The van der Waals surface area contributed by atoms with Crippen molar-refractivity contribution in [2.24, 2.45) is 10.9 Å². The average Bonchev–Trinajstić information content (AvgIpc) is 2.82. The Balaban J connectivity index is 1.73. The van der Waals surface area contributed by atoms with Crippen LogP contribution in [0, 0.1) is 12.8 Å². The summed E-state index contributed by atoms with van der Waals surface area (Å²) in [5, 5.41) is 0.732. The largest absolute Gasteiger partial charge is 0.299 e. The maximum absolute atomic E-state index is 12.8. The molecule has 2 bridgehead atoms. The Bertz CT molecular complexity index is 822. The molecule has 2 nitrogen and oxygen atoms in total. The molecule has 0 amide bonds. The summed E-state index contributed by atoms with van der Waals surface area (Å²) in [5.74, 6) is 0.656. The monoisotopic (exact) mass is 337 g/mol. The van der Waals surface area contributed by atoms with E-state index in [1.165, 1.54) is 16.7 Å². The normalized spacial score (nSPS) is 23.1. The van der Waals surface area contributed by atoms with E-state index < -0.39 is 0 Å². The van der Waals surface area contributed by atoms with E-state index >= 15 is 0 Å². The van der Waals surface area contributed by atoms with Gasteiger partial charge >= 0.3 is 0 Å². The minimum atomic E-state index is 0.0741. The van der Waals surface area contributed by atoms with Crippen molar-refractivity contribution in [2.45, 2.75) is 38.5 Å². The average molecular weight is 338 g/mol. The predicted molar refractivity (Wildman–Crippen MR) is 98.5 cm³/mol. The number of carbonyl (C=O) groups is 1. The molecule has 1 saturated carbocycles. The van der Waals surface area contributed by atoms with Gasteiger partial charge in [0.05, 0.1) is 5.69 Å². The zero-order valence-electron chi connectivity index (χ0n) is 13.8. The van der Waals surface area contributed by atoms with Gasteiger partial charge in [-0.3, -0.25) is 9.79 Å². The second-order valence-electron chi connectivity index (χ2n) is 7.04. The lowest BCUT2D eigenvalue weighted by Gasteiger charge is -2.16. The Morgan fingerprint density at radius 1 is 0.958 bits per heavy atom. The predicted octanol–water partition coefficient (Wildman–Crippen LogP) is 5.43. The molecule has 3 heteroatoms. The molecule has 0 N–H and O–H groups in total. The summed E-state index contributed by atoms with van der Waals surface area (Å²) in [5.41, 5.74) is 5.82. The number of hydrogen-bond acceptors (Lipinski definition) is 2. The molecular formula is C21H20ClNO. The van der Waals surface area contributed by atoms with Crippen molar-refractivity contribution in [3.63, 3.8) is 0 Å². The first-order valence-electron chi connectivity index (χ1n) is 8.52. The van der Waals surface area contributed by atoms with Crippen molar-refractivity contribution in [1.82, 2.24) is 0 Å². The molecule has 24 heavy (non-hydrogen) atoms. The number of aryl methyl sites for hydroxylation is 1.